The van der Waals surface area contributed by atoms with E-state index in [2.05, 4.69) is 0 Å². The van der Waals surface area contributed by atoms with Gasteiger partial charge in [-0.15, -0.1) is 0 Å². The van der Waals surface area contributed by atoms with Crippen LogP contribution in [0.2, 0.25) is 0 Å². The van der Waals surface area contributed by atoms with Gasteiger partial charge in [0, 0.05) is 23.4 Å². The molecule has 5 N–H and O–H groups in total. The van der Waals surface area contributed by atoms with Gasteiger partial charge in [0.15, 0.2) is 0 Å². The van der Waals surface area contributed by atoms with Gasteiger partial charge in [0.1, 0.15) is 11.5 Å². The van der Waals surface area contributed by atoms with Gasteiger partial charge in [0.2, 0.25) is 0 Å². The van der Waals surface area contributed by atoms with Crippen molar-refractivity contribution in [3.05, 3.63) is 89.0 Å². The maximum atomic E-state index is 12.9. The highest BCUT2D eigenvalue weighted by Crippen LogP contribution is 2.38. The highest BCUT2D eigenvalue weighted by Gasteiger charge is 2.56. The molecule has 3 rings (SSSR count). The number of aryl methyl sites for hydroxylation is 1. The summed E-state index contributed by atoms with van der Waals surface area (Å²) >= 11 is 0. The summed E-state index contributed by atoms with van der Waals surface area (Å²) in [4.78, 5) is 24.2. The lowest BCUT2D eigenvalue weighted by Crippen LogP contribution is -2.36. The lowest BCUT2D eigenvalue weighted by molar-refractivity contribution is -0.284. The highest BCUT2D eigenvalue weighted by atomic mass is 19.4. The summed E-state index contributed by atoms with van der Waals surface area (Å²) in [7, 11) is 0. The van der Waals surface area contributed by atoms with Crippen LogP contribution in [0.3, 0.4) is 0 Å². The minimum absolute atomic E-state index is 0.144. The monoisotopic (exact) mass is 578 g/mol. The molecular formula is C29H27F5N2O5. The van der Waals surface area contributed by atoms with Crippen molar-refractivity contribution >= 4 is 29.4 Å². The van der Waals surface area contributed by atoms with Crippen LogP contribution in [-0.4, -0.2) is 35.8 Å². The van der Waals surface area contributed by atoms with Gasteiger partial charge in [-0.05, 0) is 91.1 Å². The quantitative estimate of drug-likeness (QED) is 0.0558. The molecule has 7 nitrogen and oxygen atoms in total. The minimum atomic E-state index is -5.61. The number of halogens is 5. The molecule has 0 radical (unpaired) electrons. The summed E-state index contributed by atoms with van der Waals surface area (Å²) < 4.78 is 72.9. The number of alkyl halides is 5. The molecule has 0 aromatic heterocycles. The van der Waals surface area contributed by atoms with E-state index in [1.54, 1.807) is 30.3 Å². The van der Waals surface area contributed by atoms with E-state index in [-0.39, 0.29) is 35.7 Å². The number of carboxylic acid groups (broad SMARTS) is 1. The number of rotatable bonds is 12. The maximum absolute atomic E-state index is 12.9. The van der Waals surface area contributed by atoms with Crippen molar-refractivity contribution < 1.29 is 46.1 Å². The van der Waals surface area contributed by atoms with E-state index in [0.29, 0.717) is 23.4 Å². The van der Waals surface area contributed by atoms with Gasteiger partial charge in [-0.25, -0.2) is 9.59 Å². The van der Waals surface area contributed by atoms with Crippen LogP contribution in [0.4, 0.5) is 33.3 Å². The van der Waals surface area contributed by atoms with Crippen LogP contribution in [0.5, 0.6) is 11.5 Å². The Morgan fingerprint density at radius 1 is 0.854 bits per heavy atom. The number of carbonyl (C=O) groups excluding carboxylic acids is 1. The van der Waals surface area contributed by atoms with Crippen molar-refractivity contribution in [1.82, 2.24) is 0 Å². The van der Waals surface area contributed by atoms with Crippen molar-refractivity contribution in [3.8, 4) is 11.5 Å². The fourth-order valence-corrected chi connectivity index (χ4v) is 3.72. The normalized spacial score (nSPS) is 12.2. The molecule has 0 spiro atoms. The Morgan fingerprint density at radius 3 is 2.00 bits per heavy atom. The Labute approximate surface area is 232 Å². The summed E-state index contributed by atoms with van der Waals surface area (Å²) in [6.45, 7) is -0.356. The van der Waals surface area contributed by atoms with E-state index < -0.39 is 36.9 Å². The Balaban J connectivity index is 1.53. The molecule has 0 saturated carbocycles. The van der Waals surface area contributed by atoms with Crippen molar-refractivity contribution in [2.75, 3.05) is 18.1 Å². The van der Waals surface area contributed by atoms with E-state index in [4.69, 9.17) is 20.9 Å². The van der Waals surface area contributed by atoms with Crippen LogP contribution in [0.1, 0.15) is 40.7 Å². The molecule has 3 aromatic carbocycles. The molecule has 0 heterocycles. The number of nitrogen functional groups attached to an aromatic ring is 2. The lowest BCUT2D eigenvalue weighted by atomic mass is 10.0. The third kappa shape index (κ3) is 9.23. The highest BCUT2D eigenvalue weighted by molar-refractivity contribution is 5.93. The van der Waals surface area contributed by atoms with Gasteiger partial charge in [0.05, 0.1) is 12.2 Å². The molecule has 41 heavy (non-hydrogen) atoms. The third-order valence-electron chi connectivity index (χ3n) is 5.84. The predicted molar refractivity (Wildman–Crippen MR) is 143 cm³/mol. The molecule has 0 unspecified atom stereocenters. The lowest BCUT2D eigenvalue weighted by Gasteiger charge is -2.19. The van der Waals surface area contributed by atoms with Crippen LogP contribution in [-0.2, 0) is 11.2 Å². The van der Waals surface area contributed by atoms with Gasteiger partial charge < -0.3 is 26.0 Å². The number of ether oxygens (including phenoxy) is 2. The maximum Gasteiger partial charge on any atom is 0.453 e. The SMILES string of the molecule is Nc1cc(N)cc(CCC(=Cc2ccc(C(=O)Oc3ccc(OCCCC(F)(F)C(F)(F)F)cc3)cc2)C(=O)O)c1. The largest absolute Gasteiger partial charge is 0.494 e. The number of aliphatic carboxylic acids is 1. The van der Waals surface area contributed by atoms with Crippen LogP contribution >= 0.6 is 0 Å². The number of esters is 1. The molecule has 0 atom stereocenters. The molecule has 0 saturated heterocycles. The first-order valence-corrected chi connectivity index (χ1v) is 12.3. The fourth-order valence-electron chi connectivity index (χ4n) is 3.72. The number of hydrogen-bond acceptors (Lipinski definition) is 6. The second-order valence-corrected chi connectivity index (χ2v) is 9.12. The number of carboxylic acids is 1. The summed E-state index contributed by atoms with van der Waals surface area (Å²) in [5, 5.41) is 9.60. The molecule has 0 bridgehead atoms. The number of hydrogen-bond donors (Lipinski definition) is 3. The molecule has 218 valence electrons. The zero-order chi connectivity index (χ0) is 30.2. The zero-order valence-electron chi connectivity index (χ0n) is 21.6. The summed E-state index contributed by atoms with van der Waals surface area (Å²) in [6, 6.07) is 16.6. The predicted octanol–water partition coefficient (Wildman–Crippen LogP) is 6.53. The third-order valence-corrected chi connectivity index (χ3v) is 5.84. The number of anilines is 2. The molecule has 0 aliphatic rings. The number of carbonyl (C=O) groups is 2. The molecule has 3 aromatic rings. The van der Waals surface area contributed by atoms with E-state index in [1.165, 1.54) is 42.5 Å². The average Bonchev–Trinajstić information content (AvgIpc) is 2.89. The van der Waals surface area contributed by atoms with Crippen molar-refractivity contribution in [2.24, 2.45) is 0 Å². The first-order valence-electron chi connectivity index (χ1n) is 12.3. The fraction of sp³-hybridized carbons (Fsp3) is 0.241. The van der Waals surface area contributed by atoms with E-state index in [0.717, 1.165) is 5.56 Å². The van der Waals surface area contributed by atoms with Gasteiger partial charge >= 0.3 is 24.0 Å². The zero-order valence-corrected chi connectivity index (χ0v) is 21.6. The van der Waals surface area contributed by atoms with Gasteiger partial charge in [-0.2, -0.15) is 22.0 Å². The van der Waals surface area contributed by atoms with Gasteiger partial charge in [-0.3, -0.25) is 0 Å². The molecule has 0 amide bonds. The van der Waals surface area contributed by atoms with Gasteiger partial charge in [0.25, 0.3) is 0 Å². The Kier molecular flexibility index (Phi) is 9.93. The molecular weight excluding hydrogens is 551 g/mol. The van der Waals surface area contributed by atoms with Crippen molar-refractivity contribution in [1.29, 1.82) is 0 Å². The van der Waals surface area contributed by atoms with Crippen molar-refractivity contribution in [3.63, 3.8) is 0 Å². The summed E-state index contributed by atoms with van der Waals surface area (Å²) in [5.74, 6) is -6.22. The van der Waals surface area contributed by atoms with Crippen molar-refractivity contribution in [2.45, 2.75) is 37.8 Å². The first-order chi connectivity index (χ1) is 19.2. The smallest absolute Gasteiger partial charge is 0.453 e. The molecule has 0 aliphatic carbocycles. The Morgan fingerprint density at radius 2 is 1.44 bits per heavy atom. The second-order valence-electron chi connectivity index (χ2n) is 9.12. The summed E-state index contributed by atoms with van der Waals surface area (Å²) in [5.41, 5.74) is 14.2. The number of benzene rings is 3. The van der Waals surface area contributed by atoms with Gasteiger partial charge in [-0.1, -0.05) is 12.1 Å². The Hall–Kier alpha value is -4.61. The first kappa shape index (κ1) is 30.9. The topological polar surface area (TPSA) is 125 Å². The molecule has 12 heteroatoms. The van der Waals surface area contributed by atoms with E-state index >= 15 is 0 Å². The average molecular weight is 579 g/mol. The second kappa shape index (κ2) is 13.2. The standard InChI is InChI=1S/C29H27F5N2O5/c30-28(31,29(32,33)34)12-1-13-40-24-8-10-25(11-9-24)41-27(39)20-5-2-18(3-6-20)14-21(26(37)38)7-4-19-15-22(35)17-23(36)16-19/h2-3,5-6,8-11,14-17H,1,4,7,12-13,35-36H2,(H,37,38). The molecule has 0 aliphatic heterocycles. The minimum Gasteiger partial charge on any atom is -0.494 e. The summed E-state index contributed by atoms with van der Waals surface area (Å²) in [6.07, 6.45) is -5.38. The van der Waals surface area contributed by atoms with Crippen LogP contribution in [0.15, 0.2) is 72.3 Å². The van der Waals surface area contributed by atoms with E-state index in [9.17, 15) is 36.6 Å². The molecule has 0 fully saturated rings. The van der Waals surface area contributed by atoms with E-state index in [1.807, 2.05) is 0 Å². The Bertz CT molecular complexity index is 1370. The van der Waals surface area contributed by atoms with Crippen LogP contribution < -0.4 is 20.9 Å². The van der Waals surface area contributed by atoms with Crippen LogP contribution in [0.25, 0.3) is 6.08 Å². The van der Waals surface area contributed by atoms with Crippen LogP contribution in [0, 0.1) is 0 Å². The number of nitrogens with two attached hydrogens (primary N) is 2.